The lowest BCUT2D eigenvalue weighted by Crippen LogP contribution is -2.32. The molecule has 2 aromatic carbocycles. The molecule has 2 heteroatoms. The molecule has 0 aliphatic heterocycles. The second kappa shape index (κ2) is 9.94. The van der Waals surface area contributed by atoms with Gasteiger partial charge < -0.3 is 9.47 Å². The highest BCUT2D eigenvalue weighted by Crippen LogP contribution is 2.33. The lowest BCUT2D eigenvalue weighted by atomic mass is 9.80. The highest BCUT2D eigenvalue weighted by atomic mass is 16.7. The van der Waals surface area contributed by atoms with Crippen molar-refractivity contribution in [3.8, 4) is 5.75 Å². The Morgan fingerprint density at radius 2 is 1.41 bits per heavy atom. The molecule has 0 aliphatic carbocycles. The van der Waals surface area contributed by atoms with Crippen LogP contribution >= 0.6 is 0 Å². The van der Waals surface area contributed by atoms with Gasteiger partial charge in [0.05, 0.1) is 6.61 Å². The summed E-state index contributed by atoms with van der Waals surface area (Å²) in [5, 5.41) is 0. The first kappa shape index (κ1) is 21.5. The average molecular weight is 369 g/mol. The number of hydrogen-bond acceptors (Lipinski definition) is 2. The molecule has 0 spiro atoms. The fraction of sp³-hybridized carbons (Fsp3) is 0.520. The molecule has 0 aromatic heterocycles. The van der Waals surface area contributed by atoms with Gasteiger partial charge in [-0.15, -0.1) is 0 Å². The maximum atomic E-state index is 6.09. The molecule has 2 nitrogen and oxygen atoms in total. The smallest absolute Gasteiger partial charge is 0.204 e. The van der Waals surface area contributed by atoms with Crippen LogP contribution in [0.25, 0.3) is 0 Å². The van der Waals surface area contributed by atoms with E-state index in [9.17, 15) is 0 Å². The summed E-state index contributed by atoms with van der Waals surface area (Å²) >= 11 is 0. The van der Waals surface area contributed by atoms with Crippen LogP contribution in [0.15, 0.2) is 54.6 Å². The highest BCUT2D eigenvalue weighted by molar-refractivity contribution is 5.30. The van der Waals surface area contributed by atoms with E-state index in [0.29, 0.717) is 24.4 Å². The van der Waals surface area contributed by atoms with Crippen molar-refractivity contribution >= 4 is 0 Å². The molecule has 27 heavy (non-hydrogen) atoms. The van der Waals surface area contributed by atoms with E-state index in [1.165, 1.54) is 11.1 Å². The minimum absolute atomic E-state index is 0.571. The van der Waals surface area contributed by atoms with Gasteiger partial charge in [-0.2, -0.15) is 0 Å². The standard InChI is InChI=1S/C25H36O2/c1-19(2)24(20(3)4)22-14-16-23(17-15-22)27-25(5,6)26-18-10-13-21-11-8-7-9-12-21/h7-9,11-12,14-17,19-20,24H,10,13,18H2,1-6H3. The van der Waals surface area contributed by atoms with E-state index < -0.39 is 5.79 Å². The quantitative estimate of drug-likeness (QED) is 0.337. The van der Waals surface area contributed by atoms with E-state index in [2.05, 4.69) is 76.2 Å². The van der Waals surface area contributed by atoms with E-state index in [0.717, 1.165) is 18.6 Å². The van der Waals surface area contributed by atoms with Gasteiger partial charge in [0.1, 0.15) is 5.75 Å². The van der Waals surface area contributed by atoms with Crippen LogP contribution in [-0.4, -0.2) is 12.4 Å². The maximum absolute atomic E-state index is 6.09. The molecule has 0 unspecified atom stereocenters. The Labute approximate surface area is 165 Å². The van der Waals surface area contributed by atoms with Gasteiger partial charge in [0.15, 0.2) is 0 Å². The first-order chi connectivity index (χ1) is 12.8. The number of hydrogen-bond donors (Lipinski definition) is 0. The largest absolute Gasteiger partial charge is 0.463 e. The van der Waals surface area contributed by atoms with Crippen molar-refractivity contribution in [3.63, 3.8) is 0 Å². The number of benzene rings is 2. The Kier molecular flexibility index (Phi) is 7.91. The van der Waals surface area contributed by atoms with Gasteiger partial charge in [-0.05, 0) is 53.9 Å². The Bertz CT molecular complexity index is 648. The fourth-order valence-electron chi connectivity index (χ4n) is 3.85. The van der Waals surface area contributed by atoms with Gasteiger partial charge in [-0.25, -0.2) is 0 Å². The zero-order chi connectivity index (χ0) is 19.9. The zero-order valence-corrected chi connectivity index (χ0v) is 17.9. The summed E-state index contributed by atoms with van der Waals surface area (Å²) in [6.07, 6.45) is 2.01. The number of aryl methyl sites for hydroxylation is 1. The number of ether oxygens (including phenoxy) is 2. The van der Waals surface area contributed by atoms with Crippen LogP contribution in [0, 0.1) is 11.8 Å². The van der Waals surface area contributed by atoms with E-state index >= 15 is 0 Å². The summed E-state index contributed by atoms with van der Waals surface area (Å²) in [6.45, 7) is 13.8. The molecule has 0 aliphatic rings. The van der Waals surface area contributed by atoms with Crippen molar-refractivity contribution < 1.29 is 9.47 Å². The summed E-state index contributed by atoms with van der Waals surface area (Å²) in [6, 6.07) is 19.1. The maximum Gasteiger partial charge on any atom is 0.204 e. The first-order valence-corrected chi connectivity index (χ1v) is 10.3. The molecule has 148 valence electrons. The van der Waals surface area contributed by atoms with Crippen LogP contribution in [0.1, 0.15) is 65.0 Å². The van der Waals surface area contributed by atoms with Gasteiger partial charge in [0.25, 0.3) is 0 Å². The third-order valence-electron chi connectivity index (χ3n) is 4.97. The summed E-state index contributed by atoms with van der Waals surface area (Å²) in [7, 11) is 0. The van der Waals surface area contributed by atoms with Crippen LogP contribution in [-0.2, 0) is 11.2 Å². The molecule has 0 atom stereocenters. The lowest BCUT2D eigenvalue weighted by molar-refractivity contribution is -0.156. The topological polar surface area (TPSA) is 18.5 Å². The molecular weight excluding hydrogens is 332 g/mol. The minimum atomic E-state index is -0.631. The summed E-state index contributed by atoms with van der Waals surface area (Å²) in [5.74, 6) is 2.05. The molecule has 0 saturated heterocycles. The molecule has 0 saturated carbocycles. The monoisotopic (exact) mass is 368 g/mol. The van der Waals surface area contributed by atoms with E-state index in [4.69, 9.17) is 9.47 Å². The molecule has 0 N–H and O–H groups in total. The molecule has 0 radical (unpaired) electrons. The third kappa shape index (κ3) is 7.03. The Morgan fingerprint density at radius 1 is 0.815 bits per heavy atom. The fourth-order valence-corrected chi connectivity index (χ4v) is 3.85. The molecule has 0 heterocycles. The van der Waals surface area contributed by atoms with Gasteiger partial charge in [0, 0.05) is 13.8 Å². The Morgan fingerprint density at radius 3 is 1.96 bits per heavy atom. The third-order valence-corrected chi connectivity index (χ3v) is 4.97. The predicted molar refractivity (Wildman–Crippen MR) is 114 cm³/mol. The first-order valence-electron chi connectivity index (χ1n) is 10.3. The van der Waals surface area contributed by atoms with E-state index in [1.807, 2.05) is 19.9 Å². The van der Waals surface area contributed by atoms with Crippen molar-refractivity contribution in [3.05, 3.63) is 65.7 Å². The molecule has 0 fully saturated rings. The second-order valence-electron chi connectivity index (χ2n) is 8.52. The lowest BCUT2D eigenvalue weighted by Gasteiger charge is -2.28. The van der Waals surface area contributed by atoms with Crippen LogP contribution < -0.4 is 4.74 Å². The van der Waals surface area contributed by atoms with Crippen molar-refractivity contribution in [1.82, 2.24) is 0 Å². The molecule has 0 amide bonds. The number of rotatable bonds is 10. The Balaban J connectivity index is 1.85. The molecular formula is C25H36O2. The van der Waals surface area contributed by atoms with Crippen molar-refractivity contribution in [2.45, 2.75) is 66.1 Å². The molecule has 2 aromatic rings. The van der Waals surface area contributed by atoms with E-state index in [1.54, 1.807) is 0 Å². The average Bonchev–Trinajstić information content (AvgIpc) is 2.60. The normalized spacial score (nSPS) is 12.2. The van der Waals surface area contributed by atoms with Crippen molar-refractivity contribution in [1.29, 1.82) is 0 Å². The van der Waals surface area contributed by atoms with Crippen molar-refractivity contribution in [2.24, 2.45) is 11.8 Å². The highest BCUT2D eigenvalue weighted by Gasteiger charge is 2.22. The minimum Gasteiger partial charge on any atom is -0.463 e. The SMILES string of the molecule is CC(C)C(c1ccc(OC(C)(C)OCCCc2ccccc2)cc1)C(C)C. The molecule has 2 rings (SSSR count). The van der Waals surface area contributed by atoms with Crippen LogP contribution in [0.3, 0.4) is 0 Å². The Hall–Kier alpha value is -1.80. The van der Waals surface area contributed by atoms with Gasteiger partial charge in [-0.1, -0.05) is 70.2 Å². The second-order valence-corrected chi connectivity index (χ2v) is 8.52. The van der Waals surface area contributed by atoms with Crippen molar-refractivity contribution in [2.75, 3.05) is 6.61 Å². The van der Waals surface area contributed by atoms with E-state index in [-0.39, 0.29) is 0 Å². The summed E-state index contributed by atoms with van der Waals surface area (Å²) in [4.78, 5) is 0. The summed E-state index contributed by atoms with van der Waals surface area (Å²) in [5.41, 5.74) is 2.73. The molecule has 0 bridgehead atoms. The van der Waals surface area contributed by atoms with Gasteiger partial charge in [0.2, 0.25) is 5.79 Å². The van der Waals surface area contributed by atoms with Gasteiger partial charge >= 0.3 is 0 Å². The van der Waals surface area contributed by atoms with Crippen LogP contribution in [0.2, 0.25) is 0 Å². The predicted octanol–water partition coefficient (Wildman–Crippen LogP) is 6.85. The zero-order valence-electron chi connectivity index (χ0n) is 17.9. The van der Waals surface area contributed by atoms with Crippen LogP contribution in [0.4, 0.5) is 0 Å². The van der Waals surface area contributed by atoms with Crippen LogP contribution in [0.5, 0.6) is 5.75 Å². The van der Waals surface area contributed by atoms with Gasteiger partial charge in [-0.3, -0.25) is 0 Å². The summed E-state index contributed by atoms with van der Waals surface area (Å²) < 4.78 is 12.1.